The van der Waals surface area contributed by atoms with Gasteiger partial charge in [-0.15, -0.1) is 23.1 Å². The third-order valence-corrected chi connectivity index (χ3v) is 8.88. The summed E-state index contributed by atoms with van der Waals surface area (Å²) < 4.78 is 0. The van der Waals surface area contributed by atoms with Gasteiger partial charge >= 0.3 is 5.97 Å². The number of rotatable bonds is 9. The maximum atomic E-state index is 13.2. The highest BCUT2D eigenvalue weighted by Crippen LogP contribution is 2.48. The summed E-state index contributed by atoms with van der Waals surface area (Å²) in [6.07, 6.45) is 1.37. The third-order valence-electron chi connectivity index (χ3n) is 5.69. The number of nitrogens with one attached hydrogen (secondary N) is 2. The lowest BCUT2D eigenvalue weighted by Gasteiger charge is -2.50. The number of aromatic nitrogens is 4. The second kappa shape index (κ2) is 10.8. The Bertz CT molecular complexity index is 1430. The Labute approximate surface area is 227 Å². The first-order valence-electron chi connectivity index (χ1n) is 11.0. The SMILES string of the molecule is CON=C(C(=O)N[C@@H]1C(=O)N2C(C(=O)O)=C(C(Sc3ncn[nH]3)c3ccccc3)CS[C@@H]12)c1csc(N)n1. The molecule has 16 heteroatoms. The number of carbonyl (C=O) groups is 3. The number of nitrogens with two attached hydrogens (primary N) is 1. The van der Waals surface area contributed by atoms with E-state index in [0.29, 0.717) is 16.5 Å². The Balaban J connectivity index is 1.43. The summed E-state index contributed by atoms with van der Waals surface area (Å²) in [7, 11) is 1.28. The van der Waals surface area contributed by atoms with Crippen molar-refractivity contribution in [2.45, 2.75) is 21.8 Å². The fourth-order valence-corrected chi connectivity index (χ4v) is 7.19. The second-order valence-corrected chi connectivity index (χ2v) is 11.0. The van der Waals surface area contributed by atoms with Gasteiger partial charge < -0.3 is 21.0 Å². The zero-order valence-corrected chi connectivity index (χ0v) is 22.0. The Morgan fingerprint density at radius 1 is 1.37 bits per heavy atom. The van der Waals surface area contributed by atoms with E-state index in [1.165, 1.54) is 41.9 Å². The number of aliphatic carboxylic acids is 1. The number of thioether (sulfide) groups is 2. The van der Waals surface area contributed by atoms with Gasteiger partial charge in [0.1, 0.15) is 36.2 Å². The predicted molar refractivity (Wildman–Crippen MR) is 141 cm³/mol. The van der Waals surface area contributed by atoms with Crippen LogP contribution in [0.5, 0.6) is 0 Å². The molecule has 1 saturated heterocycles. The standard InChI is InChI=1S/C22H20N8O5S3/c1-35-29-13(12-8-37-21(23)26-12)17(31)27-14-18(32)30-15(20(33)34)11(7-36-19(14)30)16(10-5-3-2-4-6-10)38-22-24-9-25-28-22/h2-6,8-9,14,16,19H,7H2,1H3,(H2,23,26)(H,27,31)(H,33,34)(H,24,25,28)/t14-,16?,19+/m1/s1. The molecule has 2 aliphatic rings. The van der Waals surface area contributed by atoms with E-state index in [1.54, 1.807) is 5.38 Å². The highest BCUT2D eigenvalue weighted by molar-refractivity contribution is 8.01. The molecule has 0 spiro atoms. The number of H-pyrrole nitrogens is 1. The number of fused-ring (bicyclic) bond motifs is 1. The van der Waals surface area contributed by atoms with E-state index in [4.69, 9.17) is 10.6 Å². The molecule has 2 amide bonds. The maximum Gasteiger partial charge on any atom is 0.352 e. The summed E-state index contributed by atoms with van der Waals surface area (Å²) in [5.41, 5.74) is 7.02. The van der Waals surface area contributed by atoms with Gasteiger partial charge in [0.2, 0.25) is 0 Å². The number of benzene rings is 1. The number of nitrogens with zero attached hydrogens (tertiary/aromatic N) is 5. The van der Waals surface area contributed by atoms with E-state index in [9.17, 15) is 19.5 Å². The number of carboxylic acids is 1. The van der Waals surface area contributed by atoms with Crippen molar-refractivity contribution in [3.8, 4) is 0 Å². The Morgan fingerprint density at radius 3 is 2.79 bits per heavy atom. The molecular weight excluding hydrogens is 552 g/mol. The Hall–Kier alpha value is -3.89. The van der Waals surface area contributed by atoms with E-state index in [0.717, 1.165) is 16.9 Å². The van der Waals surface area contributed by atoms with Crippen LogP contribution in [0.2, 0.25) is 0 Å². The summed E-state index contributed by atoms with van der Waals surface area (Å²) in [6, 6.07) is 8.40. The largest absolute Gasteiger partial charge is 0.477 e. The molecule has 13 nitrogen and oxygen atoms in total. The molecule has 3 atom stereocenters. The molecule has 2 aromatic heterocycles. The predicted octanol–water partition coefficient (Wildman–Crippen LogP) is 1.47. The number of carboxylic acid groups (broad SMARTS) is 1. The van der Waals surface area contributed by atoms with Gasteiger partial charge in [0, 0.05) is 11.1 Å². The quantitative estimate of drug-likeness (QED) is 0.126. The minimum absolute atomic E-state index is 0.108. The topological polar surface area (TPSA) is 189 Å². The number of hydrogen-bond donors (Lipinski definition) is 4. The molecule has 0 aliphatic carbocycles. The van der Waals surface area contributed by atoms with E-state index < -0.39 is 34.4 Å². The van der Waals surface area contributed by atoms with Crippen molar-refractivity contribution in [2.24, 2.45) is 5.16 Å². The highest BCUT2D eigenvalue weighted by Gasteiger charge is 2.55. The summed E-state index contributed by atoms with van der Waals surface area (Å²) in [4.78, 5) is 53.0. The second-order valence-electron chi connectivity index (χ2n) is 7.93. The van der Waals surface area contributed by atoms with Crippen molar-refractivity contribution < 1.29 is 24.3 Å². The Kier molecular flexibility index (Phi) is 7.35. The van der Waals surface area contributed by atoms with E-state index in [1.807, 2.05) is 30.3 Å². The van der Waals surface area contributed by atoms with Gasteiger partial charge in [0.05, 0.1) is 5.25 Å². The first kappa shape index (κ1) is 25.7. The molecule has 196 valence electrons. The molecule has 0 saturated carbocycles. The average molecular weight is 573 g/mol. The zero-order chi connectivity index (χ0) is 26.8. The molecule has 2 aliphatic heterocycles. The van der Waals surface area contributed by atoms with Gasteiger partial charge in [-0.25, -0.2) is 14.8 Å². The van der Waals surface area contributed by atoms with Gasteiger partial charge in [-0.05, 0) is 11.1 Å². The molecule has 1 aromatic carbocycles. The fourth-order valence-electron chi connectivity index (χ4n) is 4.08. The van der Waals surface area contributed by atoms with Crippen LogP contribution in [0.1, 0.15) is 16.5 Å². The smallest absolute Gasteiger partial charge is 0.352 e. The van der Waals surface area contributed by atoms with Crippen LogP contribution >= 0.6 is 34.9 Å². The van der Waals surface area contributed by atoms with Crippen LogP contribution in [0.4, 0.5) is 5.13 Å². The molecule has 4 heterocycles. The third kappa shape index (κ3) is 4.84. The Morgan fingerprint density at radius 2 is 2.16 bits per heavy atom. The summed E-state index contributed by atoms with van der Waals surface area (Å²) in [6.45, 7) is 0. The number of thiazole rings is 1. The summed E-state index contributed by atoms with van der Waals surface area (Å²) >= 11 is 3.80. The van der Waals surface area contributed by atoms with Gasteiger partial charge in [-0.3, -0.25) is 19.6 Å². The first-order valence-corrected chi connectivity index (χ1v) is 13.8. The van der Waals surface area contributed by atoms with Gasteiger partial charge in [0.15, 0.2) is 16.0 Å². The molecule has 38 heavy (non-hydrogen) atoms. The number of nitrogen functional groups attached to an aromatic ring is 1. The number of carbonyl (C=O) groups excluding carboxylic acids is 2. The van der Waals surface area contributed by atoms with Crippen LogP contribution in [-0.4, -0.2) is 77.9 Å². The van der Waals surface area contributed by atoms with Crippen LogP contribution in [0.3, 0.4) is 0 Å². The van der Waals surface area contributed by atoms with E-state index >= 15 is 0 Å². The first-order chi connectivity index (χ1) is 18.4. The number of aromatic amines is 1. The highest BCUT2D eigenvalue weighted by atomic mass is 32.2. The van der Waals surface area contributed by atoms with Crippen LogP contribution in [0.15, 0.2) is 63.6 Å². The maximum absolute atomic E-state index is 13.2. The number of β-lactam (4-membered cyclic amide) rings is 1. The summed E-state index contributed by atoms with van der Waals surface area (Å²) in [5, 5.41) is 24.5. The molecule has 1 fully saturated rings. The number of hydrogen-bond acceptors (Lipinski definition) is 12. The van der Waals surface area contributed by atoms with Gasteiger partial charge in [0.25, 0.3) is 11.8 Å². The van der Waals surface area contributed by atoms with Crippen molar-refractivity contribution in [1.82, 2.24) is 30.4 Å². The lowest BCUT2D eigenvalue weighted by Crippen LogP contribution is -2.71. The molecule has 0 bridgehead atoms. The average Bonchev–Trinajstić information content (AvgIpc) is 3.60. The minimum Gasteiger partial charge on any atom is -0.477 e. The number of oxime groups is 1. The lowest BCUT2D eigenvalue weighted by atomic mass is 9.98. The number of anilines is 1. The molecule has 1 unspecified atom stereocenters. The van der Waals surface area contributed by atoms with Crippen molar-refractivity contribution in [1.29, 1.82) is 0 Å². The van der Waals surface area contributed by atoms with E-state index in [-0.39, 0.29) is 22.2 Å². The lowest BCUT2D eigenvalue weighted by molar-refractivity contribution is -0.150. The van der Waals surface area contributed by atoms with Crippen LogP contribution in [0.25, 0.3) is 0 Å². The molecule has 5 N–H and O–H groups in total. The molecule has 0 radical (unpaired) electrons. The van der Waals surface area contributed by atoms with Crippen molar-refractivity contribution >= 4 is 63.5 Å². The fraction of sp³-hybridized carbons (Fsp3) is 0.227. The molecular formula is C22H20N8O5S3. The minimum atomic E-state index is -1.23. The normalized spacial score (nSPS) is 20.0. The van der Waals surface area contributed by atoms with E-state index in [2.05, 4.69) is 30.6 Å². The molecule has 3 aromatic rings. The monoisotopic (exact) mass is 572 g/mol. The van der Waals surface area contributed by atoms with Gasteiger partial charge in [-0.2, -0.15) is 5.10 Å². The van der Waals surface area contributed by atoms with Crippen molar-refractivity contribution in [2.75, 3.05) is 18.6 Å². The zero-order valence-electron chi connectivity index (χ0n) is 19.6. The van der Waals surface area contributed by atoms with Crippen LogP contribution in [-0.2, 0) is 19.2 Å². The van der Waals surface area contributed by atoms with Crippen molar-refractivity contribution in [3.05, 3.63) is 64.6 Å². The van der Waals surface area contributed by atoms with Crippen LogP contribution < -0.4 is 11.1 Å². The number of amides is 2. The summed E-state index contributed by atoms with van der Waals surface area (Å²) in [5.74, 6) is -2.16. The van der Waals surface area contributed by atoms with Crippen LogP contribution in [0, 0.1) is 0 Å². The molecule has 5 rings (SSSR count). The van der Waals surface area contributed by atoms with Gasteiger partial charge in [-0.1, -0.05) is 47.2 Å². The van der Waals surface area contributed by atoms with Crippen molar-refractivity contribution in [3.63, 3.8) is 0 Å².